The van der Waals surface area contributed by atoms with Crippen molar-refractivity contribution in [1.82, 2.24) is 9.78 Å². The second-order valence-electron chi connectivity index (χ2n) is 4.51. The van der Waals surface area contributed by atoms with Crippen LogP contribution < -0.4 is 10.5 Å². The van der Waals surface area contributed by atoms with E-state index in [-0.39, 0.29) is 11.9 Å². The van der Waals surface area contributed by atoms with Gasteiger partial charge in [0.05, 0.1) is 12.4 Å². The number of ether oxygens (including phenoxy) is 1. The maximum absolute atomic E-state index is 13.2. The van der Waals surface area contributed by atoms with Crippen molar-refractivity contribution in [2.45, 2.75) is 32.9 Å². The van der Waals surface area contributed by atoms with Gasteiger partial charge in [0.15, 0.2) is 5.75 Å². The molecule has 1 unspecified atom stereocenters. The lowest BCUT2D eigenvalue weighted by atomic mass is 10.1. The highest BCUT2D eigenvalue weighted by Crippen LogP contribution is 2.29. The number of halogens is 1. The minimum atomic E-state index is -0.318. The third-order valence-corrected chi connectivity index (χ3v) is 2.75. The van der Waals surface area contributed by atoms with Gasteiger partial charge in [-0.2, -0.15) is 5.10 Å². The molecule has 0 amide bonds. The van der Waals surface area contributed by atoms with Crippen LogP contribution in [0.3, 0.4) is 0 Å². The Balaban J connectivity index is 2.22. The summed E-state index contributed by atoms with van der Waals surface area (Å²) in [6.07, 6.45) is 4.46. The van der Waals surface area contributed by atoms with Crippen LogP contribution in [0.4, 0.5) is 4.39 Å². The third-order valence-electron chi connectivity index (χ3n) is 2.75. The van der Waals surface area contributed by atoms with Crippen molar-refractivity contribution in [3.8, 4) is 11.5 Å². The molecular weight excluding hydrogens is 245 g/mol. The predicted molar refractivity (Wildman–Crippen MR) is 71.6 cm³/mol. The summed E-state index contributed by atoms with van der Waals surface area (Å²) in [6.45, 7) is 4.71. The molecule has 1 heterocycles. The quantitative estimate of drug-likeness (QED) is 0.901. The van der Waals surface area contributed by atoms with Gasteiger partial charge in [-0.25, -0.2) is 4.39 Å². The smallest absolute Gasteiger partial charge is 0.165 e. The number of hydrogen-bond acceptors (Lipinski definition) is 3. The summed E-state index contributed by atoms with van der Waals surface area (Å²) < 4.78 is 20.8. The lowest BCUT2D eigenvalue weighted by Gasteiger charge is -2.12. The van der Waals surface area contributed by atoms with Crippen molar-refractivity contribution in [1.29, 1.82) is 0 Å². The van der Waals surface area contributed by atoms with E-state index in [1.807, 2.05) is 10.9 Å². The molecule has 2 aromatic rings. The van der Waals surface area contributed by atoms with Crippen molar-refractivity contribution in [3.63, 3.8) is 0 Å². The Morgan fingerprint density at radius 2 is 2.26 bits per heavy atom. The van der Waals surface area contributed by atoms with Crippen LogP contribution in [0.1, 0.15) is 31.9 Å². The van der Waals surface area contributed by atoms with Gasteiger partial charge in [-0.15, -0.1) is 0 Å². The molecule has 0 spiro atoms. The highest BCUT2D eigenvalue weighted by molar-refractivity contribution is 5.38. The van der Waals surface area contributed by atoms with E-state index < -0.39 is 0 Å². The lowest BCUT2D eigenvalue weighted by molar-refractivity contribution is 0.467. The monoisotopic (exact) mass is 263 g/mol. The number of aryl methyl sites for hydroxylation is 1. The van der Waals surface area contributed by atoms with Crippen LogP contribution in [0.5, 0.6) is 11.5 Å². The summed E-state index contributed by atoms with van der Waals surface area (Å²) in [6, 6.07) is 4.05. The Hall–Kier alpha value is -1.88. The number of aromatic nitrogens is 2. The van der Waals surface area contributed by atoms with E-state index in [1.165, 1.54) is 12.1 Å². The van der Waals surface area contributed by atoms with Gasteiger partial charge in [0.2, 0.25) is 0 Å². The molecule has 1 aromatic carbocycles. The molecule has 0 bridgehead atoms. The molecule has 0 radical (unpaired) electrons. The van der Waals surface area contributed by atoms with Crippen molar-refractivity contribution < 1.29 is 9.13 Å². The lowest BCUT2D eigenvalue weighted by Crippen LogP contribution is -2.07. The second-order valence-corrected chi connectivity index (χ2v) is 4.51. The van der Waals surface area contributed by atoms with Crippen LogP contribution in [0, 0.1) is 5.82 Å². The molecule has 0 saturated heterocycles. The van der Waals surface area contributed by atoms with Gasteiger partial charge < -0.3 is 10.5 Å². The first kappa shape index (κ1) is 13.5. The van der Waals surface area contributed by atoms with E-state index in [2.05, 4.69) is 12.0 Å². The summed E-state index contributed by atoms with van der Waals surface area (Å²) in [7, 11) is 0. The van der Waals surface area contributed by atoms with Crippen LogP contribution in [0.25, 0.3) is 0 Å². The van der Waals surface area contributed by atoms with Gasteiger partial charge in [0.1, 0.15) is 11.6 Å². The summed E-state index contributed by atoms with van der Waals surface area (Å²) in [5.41, 5.74) is 6.46. The van der Waals surface area contributed by atoms with E-state index in [4.69, 9.17) is 10.5 Å². The van der Waals surface area contributed by atoms with Crippen LogP contribution in [0.15, 0.2) is 30.6 Å². The molecule has 19 heavy (non-hydrogen) atoms. The maximum Gasteiger partial charge on any atom is 0.165 e. The average molecular weight is 263 g/mol. The van der Waals surface area contributed by atoms with Gasteiger partial charge in [-0.1, -0.05) is 6.92 Å². The Morgan fingerprint density at radius 1 is 1.47 bits per heavy atom. The van der Waals surface area contributed by atoms with E-state index in [9.17, 15) is 4.39 Å². The zero-order chi connectivity index (χ0) is 13.8. The highest BCUT2D eigenvalue weighted by Gasteiger charge is 2.11. The number of rotatable bonds is 5. The van der Waals surface area contributed by atoms with E-state index in [0.29, 0.717) is 17.1 Å². The normalized spacial score (nSPS) is 12.4. The fraction of sp³-hybridized carbons (Fsp3) is 0.357. The minimum Gasteiger partial charge on any atom is -0.454 e. The van der Waals surface area contributed by atoms with E-state index in [1.54, 1.807) is 19.2 Å². The van der Waals surface area contributed by atoms with Crippen LogP contribution in [0.2, 0.25) is 0 Å². The minimum absolute atomic E-state index is 0.295. The van der Waals surface area contributed by atoms with E-state index in [0.717, 1.165) is 13.0 Å². The molecule has 1 aromatic heterocycles. The molecule has 2 N–H and O–H groups in total. The third kappa shape index (κ3) is 3.32. The van der Waals surface area contributed by atoms with Crippen LogP contribution >= 0.6 is 0 Å². The molecule has 0 fully saturated rings. The molecule has 0 aliphatic heterocycles. The second kappa shape index (κ2) is 5.84. The Morgan fingerprint density at radius 3 is 2.95 bits per heavy atom. The van der Waals surface area contributed by atoms with E-state index >= 15 is 0 Å². The predicted octanol–water partition coefficient (Wildman–Crippen LogP) is 3.24. The van der Waals surface area contributed by atoms with Gasteiger partial charge in [0, 0.05) is 18.2 Å². The summed E-state index contributed by atoms with van der Waals surface area (Å²) in [5, 5.41) is 4.18. The summed E-state index contributed by atoms with van der Waals surface area (Å²) in [4.78, 5) is 0. The number of benzene rings is 1. The zero-order valence-corrected chi connectivity index (χ0v) is 11.1. The molecule has 102 valence electrons. The first-order chi connectivity index (χ1) is 9.10. The van der Waals surface area contributed by atoms with Crippen molar-refractivity contribution in [2.24, 2.45) is 5.73 Å². The summed E-state index contributed by atoms with van der Waals surface area (Å²) in [5.74, 6) is 0.871. The van der Waals surface area contributed by atoms with Gasteiger partial charge in [-0.3, -0.25) is 4.68 Å². The van der Waals surface area contributed by atoms with Crippen LogP contribution in [-0.2, 0) is 6.54 Å². The topological polar surface area (TPSA) is 53.1 Å². The number of hydrogen-bond donors (Lipinski definition) is 1. The average Bonchev–Trinajstić information content (AvgIpc) is 2.79. The SMILES string of the molecule is CCCn1cc(Oc2ccc(F)cc2C(C)N)cn1. The van der Waals surface area contributed by atoms with Crippen molar-refractivity contribution >= 4 is 0 Å². The molecule has 5 heteroatoms. The fourth-order valence-electron chi connectivity index (χ4n) is 1.84. The zero-order valence-electron chi connectivity index (χ0n) is 11.1. The first-order valence-corrected chi connectivity index (χ1v) is 6.35. The van der Waals surface area contributed by atoms with Gasteiger partial charge >= 0.3 is 0 Å². The maximum atomic E-state index is 13.2. The molecule has 4 nitrogen and oxygen atoms in total. The number of nitrogens with zero attached hydrogens (tertiary/aromatic N) is 2. The summed E-state index contributed by atoms with van der Waals surface area (Å²) >= 11 is 0. The Bertz CT molecular complexity index is 551. The molecule has 0 saturated carbocycles. The number of nitrogens with two attached hydrogens (primary N) is 1. The highest BCUT2D eigenvalue weighted by atomic mass is 19.1. The Kier molecular flexibility index (Phi) is 4.16. The van der Waals surface area contributed by atoms with Crippen molar-refractivity contribution in [3.05, 3.63) is 42.0 Å². The largest absolute Gasteiger partial charge is 0.454 e. The van der Waals surface area contributed by atoms with Gasteiger partial charge in [0.25, 0.3) is 0 Å². The molecular formula is C14H18FN3O. The Labute approximate surface area is 112 Å². The molecule has 0 aliphatic rings. The van der Waals surface area contributed by atoms with Crippen molar-refractivity contribution in [2.75, 3.05) is 0 Å². The van der Waals surface area contributed by atoms with Gasteiger partial charge in [-0.05, 0) is 31.5 Å². The fourth-order valence-corrected chi connectivity index (χ4v) is 1.84. The molecule has 2 rings (SSSR count). The first-order valence-electron chi connectivity index (χ1n) is 6.35. The molecule has 0 aliphatic carbocycles. The molecule has 1 atom stereocenters. The van der Waals surface area contributed by atoms with Crippen LogP contribution in [-0.4, -0.2) is 9.78 Å². The standard InChI is InChI=1S/C14H18FN3O/c1-3-6-18-9-12(8-17-18)19-14-5-4-11(15)7-13(14)10(2)16/h4-5,7-10H,3,6,16H2,1-2H3.